The van der Waals surface area contributed by atoms with E-state index in [1.54, 1.807) is 24.3 Å². The van der Waals surface area contributed by atoms with Crippen LogP contribution in [0, 0.1) is 0 Å². The Morgan fingerprint density at radius 3 is 2.12 bits per heavy atom. The molecule has 7 rings (SSSR count). The van der Waals surface area contributed by atoms with Crippen LogP contribution in [0.3, 0.4) is 0 Å². The molecule has 1 aliphatic carbocycles. The van der Waals surface area contributed by atoms with Gasteiger partial charge >= 0.3 is 5.97 Å². The van der Waals surface area contributed by atoms with E-state index < -0.39 is 58.4 Å². The van der Waals surface area contributed by atoms with Crippen LogP contribution < -0.4 is 10.9 Å². The summed E-state index contributed by atoms with van der Waals surface area (Å²) < 4.78 is 75.5. The zero-order valence-corrected chi connectivity index (χ0v) is 26.1. The molecule has 0 fully saturated rings. The molecule has 0 saturated heterocycles. The molecule has 0 radical (unpaired) electrons. The Morgan fingerprint density at radius 2 is 1.38 bits per heavy atom. The number of carbonyl (C=O) groups is 2. The Balaban J connectivity index is 1.50. The summed E-state index contributed by atoms with van der Waals surface area (Å²) in [7, 11) is -9.92. The van der Waals surface area contributed by atoms with Gasteiger partial charge in [-0.25, -0.2) is 4.79 Å². The lowest BCUT2D eigenvalue weighted by Gasteiger charge is -2.25. The lowest BCUT2D eigenvalue weighted by atomic mass is 9.81. The van der Waals surface area contributed by atoms with Crippen LogP contribution in [0.15, 0.2) is 112 Å². The Labute approximate surface area is 272 Å². The molecule has 14 heteroatoms. The Morgan fingerprint density at radius 1 is 0.729 bits per heavy atom. The van der Waals surface area contributed by atoms with Gasteiger partial charge in [0.2, 0.25) is 0 Å². The molecule has 1 heterocycles. The third-order valence-electron chi connectivity index (χ3n) is 8.08. The summed E-state index contributed by atoms with van der Waals surface area (Å²) in [6.07, 6.45) is 0. The number of aromatic nitrogens is 1. The minimum absolute atomic E-state index is 0.0470. The monoisotopic (exact) mass is 682 g/mol. The molecule has 0 aliphatic heterocycles. The van der Waals surface area contributed by atoms with Crippen LogP contribution in [0.4, 0.5) is 11.4 Å². The van der Waals surface area contributed by atoms with Gasteiger partial charge in [-0.3, -0.25) is 18.7 Å². The summed E-state index contributed by atoms with van der Waals surface area (Å²) in [5, 5.41) is 4.21. The van der Waals surface area contributed by atoms with Crippen molar-refractivity contribution in [1.29, 1.82) is 0 Å². The number of hydrogen-bond acceptors (Lipinski definition) is 9. The van der Waals surface area contributed by atoms with Gasteiger partial charge in [-0.2, -0.15) is 16.8 Å². The molecule has 1 aromatic heterocycles. The molecule has 0 amide bonds. The topological polar surface area (TPSA) is 197 Å². The fourth-order valence-electron chi connectivity index (χ4n) is 6.06. The highest BCUT2D eigenvalue weighted by molar-refractivity contribution is 7.86. The van der Waals surface area contributed by atoms with Crippen LogP contribution in [0.1, 0.15) is 31.8 Å². The number of ketones is 1. The molecular formula is C34H22N2O10S2. The van der Waals surface area contributed by atoms with Gasteiger partial charge in [-0.1, -0.05) is 78.9 Å². The Kier molecular flexibility index (Phi) is 7.25. The molecular weight excluding hydrogens is 661 g/mol. The second kappa shape index (κ2) is 11.2. The standard InChI is InChI=1S/C34H22N2O10S2/c37-32-22-13-4-3-12-21(22)27-29-28(32)24(35-23-14-5-6-15-25(23)47(40,41)42)16-26(48(43,44)45)31(29)36-33(38)30(27)34(39)46-17-19-10-7-9-18-8-1-2-11-20(18)19/h1-16,35H,17H2,(H,36,38)(H,40,41,42)(H,43,44,45). The fraction of sp³-hybridized carbons (Fsp3) is 0.0294. The molecule has 0 spiro atoms. The Hall–Kier alpha value is -5.67. The lowest BCUT2D eigenvalue weighted by Crippen LogP contribution is -2.26. The number of anilines is 2. The zero-order valence-electron chi connectivity index (χ0n) is 24.4. The molecule has 0 saturated carbocycles. The summed E-state index contributed by atoms with van der Waals surface area (Å²) in [6, 6.07) is 24.9. The second-order valence-corrected chi connectivity index (χ2v) is 13.7. The van der Waals surface area contributed by atoms with Crippen LogP contribution in [0.5, 0.6) is 0 Å². The molecule has 0 unspecified atom stereocenters. The van der Waals surface area contributed by atoms with Gasteiger partial charge in [0.25, 0.3) is 25.8 Å². The average Bonchev–Trinajstić information content (AvgIpc) is 3.05. The summed E-state index contributed by atoms with van der Waals surface area (Å²) in [6.45, 7) is -0.227. The third-order valence-corrected chi connectivity index (χ3v) is 9.87. The Bertz CT molecular complexity index is 2660. The van der Waals surface area contributed by atoms with E-state index >= 15 is 0 Å². The predicted octanol–water partition coefficient (Wildman–Crippen LogP) is 5.49. The van der Waals surface area contributed by atoms with Gasteiger partial charge in [-0.05, 0) is 40.1 Å². The van der Waals surface area contributed by atoms with E-state index in [1.807, 2.05) is 30.3 Å². The minimum Gasteiger partial charge on any atom is -0.457 e. The van der Waals surface area contributed by atoms with Crippen molar-refractivity contribution >= 4 is 65.0 Å². The largest absolute Gasteiger partial charge is 0.457 e. The second-order valence-electron chi connectivity index (χ2n) is 10.9. The first-order valence-electron chi connectivity index (χ1n) is 14.2. The van der Waals surface area contributed by atoms with Gasteiger partial charge in [-0.15, -0.1) is 0 Å². The maximum absolute atomic E-state index is 14.1. The highest BCUT2D eigenvalue weighted by Crippen LogP contribution is 2.45. The van der Waals surface area contributed by atoms with Gasteiger partial charge in [0.15, 0.2) is 5.78 Å². The zero-order chi connectivity index (χ0) is 34.0. The maximum Gasteiger partial charge on any atom is 0.344 e. The molecule has 4 N–H and O–H groups in total. The number of para-hydroxylation sites is 1. The summed E-state index contributed by atoms with van der Waals surface area (Å²) in [5.74, 6) is -1.74. The first-order chi connectivity index (χ1) is 22.8. The van der Waals surface area contributed by atoms with E-state index in [1.165, 1.54) is 30.3 Å². The van der Waals surface area contributed by atoms with E-state index in [0.29, 0.717) is 5.56 Å². The number of esters is 1. The van der Waals surface area contributed by atoms with Crippen molar-refractivity contribution in [3.63, 3.8) is 0 Å². The number of hydrogen-bond donors (Lipinski definition) is 4. The molecule has 12 nitrogen and oxygen atoms in total. The van der Waals surface area contributed by atoms with Gasteiger partial charge < -0.3 is 15.0 Å². The smallest absolute Gasteiger partial charge is 0.344 e. The first kappa shape index (κ1) is 31.0. The van der Waals surface area contributed by atoms with Crippen molar-refractivity contribution in [2.45, 2.75) is 16.4 Å². The predicted molar refractivity (Wildman–Crippen MR) is 176 cm³/mol. The number of benzene rings is 5. The molecule has 0 bridgehead atoms. The molecule has 48 heavy (non-hydrogen) atoms. The number of ether oxygens (including phenoxy) is 1. The number of carbonyl (C=O) groups excluding carboxylic acids is 2. The van der Waals surface area contributed by atoms with Crippen LogP contribution in [0.2, 0.25) is 0 Å². The third kappa shape index (κ3) is 5.12. The van der Waals surface area contributed by atoms with E-state index in [4.69, 9.17) is 4.74 Å². The quantitative estimate of drug-likeness (QED) is 0.123. The summed E-state index contributed by atoms with van der Waals surface area (Å²) >= 11 is 0. The number of aromatic amines is 1. The molecule has 0 atom stereocenters. The minimum atomic E-state index is -5.12. The van der Waals surface area contributed by atoms with Crippen LogP contribution in [0.25, 0.3) is 32.8 Å². The molecule has 5 aromatic carbocycles. The van der Waals surface area contributed by atoms with Crippen molar-refractivity contribution < 1.29 is 40.3 Å². The van der Waals surface area contributed by atoms with Crippen molar-refractivity contribution in [2.75, 3.05) is 5.32 Å². The summed E-state index contributed by atoms with van der Waals surface area (Å²) in [5.41, 5.74) is -2.10. The van der Waals surface area contributed by atoms with Crippen molar-refractivity contribution in [3.8, 4) is 11.1 Å². The van der Waals surface area contributed by atoms with Crippen molar-refractivity contribution in [2.24, 2.45) is 0 Å². The number of pyridine rings is 1. The average molecular weight is 683 g/mol. The molecule has 1 aliphatic rings. The molecule has 6 aromatic rings. The number of fused-ring (bicyclic) bond motifs is 3. The van der Waals surface area contributed by atoms with Crippen molar-refractivity contribution in [3.05, 3.63) is 130 Å². The van der Waals surface area contributed by atoms with E-state index in [2.05, 4.69) is 10.3 Å². The highest BCUT2D eigenvalue weighted by Gasteiger charge is 2.36. The fourth-order valence-corrected chi connectivity index (χ4v) is 7.38. The molecule has 240 valence electrons. The van der Waals surface area contributed by atoms with E-state index in [9.17, 15) is 40.3 Å². The van der Waals surface area contributed by atoms with Gasteiger partial charge in [0.1, 0.15) is 22.0 Å². The summed E-state index contributed by atoms with van der Waals surface area (Å²) in [4.78, 5) is 42.6. The van der Waals surface area contributed by atoms with Crippen LogP contribution in [-0.4, -0.2) is 42.7 Å². The van der Waals surface area contributed by atoms with Gasteiger partial charge in [0.05, 0.1) is 22.5 Å². The number of H-pyrrole nitrogens is 1. The maximum atomic E-state index is 14.1. The first-order valence-corrected chi connectivity index (χ1v) is 17.1. The van der Waals surface area contributed by atoms with Crippen LogP contribution >= 0.6 is 0 Å². The van der Waals surface area contributed by atoms with E-state index in [-0.39, 0.29) is 45.6 Å². The van der Waals surface area contributed by atoms with Crippen molar-refractivity contribution in [1.82, 2.24) is 4.98 Å². The number of rotatable bonds is 7. The lowest BCUT2D eigenvalue weighted by molar-refractivity contribution is 0.0473. The SMILES string of the molecule is O=C(OCc1cccc2ccccc12)c1c2c3c(c(Nc4ccccc4S(=O)(=O)O)cc(S(=O)(=O)O)c3[nH]c1=O)C(=O)c1ccccc1-2. The number of nitrogens with one attached hydrogen (secondary N) is 2. The highest BCUT2D eigenvalue weighted by atomic mass is 32.2. The van der Waals surface area contributed by atoms with Crippen LogP contribution in [-0.2, 0) is 31.6 Å². The normalized spacial score (nSPS) is 12.6. The van der Waals surface area contributed by atoms with E-state index in [0.717, 1.165) is 22.9 Å². The van der Waals surface area contributed by atoms with Gasteiger partial charge in [0, 0.05) is 16.5 Å².